The Labute approximate surface area is 160 Å². The summed E-state index contributed by atoms with van der Waals surface area (Å²) in [6.07, 6.45) is 4.65. The van der Waals surface area contributed by atoms with Crippen LogP contribution in [0.5, 0.6) is 0 Å². The van der Waals surface area contributed by atoms with Crippen LogP contribution in [0.4, 0.5) is 0 Å². The molecule has 0 spiro atoms. The van der Waals surface area contributed by atoms with Gasteiger partial charge in [-0.2, -0.15) is 5.10 Å². The van der Waals surface area contributed by atoms with Gasteiger partial charge in [-0.25, -0.2) is 17.8 Å². The van der Waals surface area contributed by atoms with Crippen molar-refractivity contribution < 1.29 is 13.2 Å². The van der Waals surface area contributed by atoms with Crippen LogP contribution < -0.4 is 4.72 Å². The SMILES string of the molecule is CC(C)CC(=O)N1CCC(NS(=O)(=O)c2cnn(-c3ccccc3)c2)CC1. The molecule has 0 atom stereocenters. The number of carbonyl (C=O) groups excluding carboxylic acids is 1. The molecule has 0 aliphatic carbocycles. The fourth-order valence-electron chi connectivity index (χ4n) is 3.18. The topological polar surface area (TPSA) is 84.3 Å². The lowest BCUT2D eigenvalue weighted by atomic mass is 10.0. The molecule has 1 aliphatic rings. The average Bonchev–Trinajstić information content (AvgIpc) is 3.13. The molecular weight excluding hydrogens is 364 g/mol. The first-order chi connectivity index (χ1) is 12.8. The van der Waals surface area contributed by atoms with E-state index in [4.69, 9.17) is 0 Å². The zero-order valence-corrected chi connectivity index (χ0v) is 16.5. The zero-order valence-electron chi connectivity index (χ0n) is 15.7. The van der Waals surface area contributed by atoms with Crippen LogP contribution in [0.2, 0.25) is 0 Å². The van der Waals surface area contributed by atoms with Gasteiger partial charge < -0.3 is 4.90 Å². The Morgan fingerprint density at radius 3 is 2.52 bits per heavy atom. The van der Waals surface area contributed by atoms with Crippen molar-refractivity contribution in [2.24, 2.45) is 5.92 Å². The Bertz CT molecular complexity index is 869. The molecule has 1 fully saturated rings. The van der Waals surface area contributed by atoms with E-state index in [0.29, 0.717) is 38.3 Å². The van der Waals surface area contributed by atoms with E-state index >= 15 is 0 Å². The molecule has 1 saturated heterocycles. The van der Waals surface area contributed by atoms with Gasteiger partial charge in [0.15, 0.2) is 0 Å². The Balaban J connectivity index is 1.60. The molecule has 7 nitrogen and oxygen atoms in total. The van der Waals surface area contributed by atoms with Crippen molar-refractivity contribution in [3.05, 3.63) is 42.7 Å². The van der Waals surface area contributed by atoms with Gasteiger partial charge in [0.25, 0.3) is 0 Å². The first kappa shape index (κ1) is 19.6. The molecule has 146 valence electrons. The first-order valence-electron chi connectivity index (χ1n) is 9.25. The van der Waals surface area contributed by atoms with Crippen LogP contribution in [-0.2, 0) is 14.8 Å². The normalized spacial score (nSPS) is 16.0. The van der Waals surface area contributed by atoms with E-state index in [-0.39, 0.29) is 16.8 Å². The smallest absolute Gasteiger partial charge is 0.243 e. The number of para-hydroxylation sites is 1. The number of piperidine rings is 1. The number of carbonyl (C=O) groups is 1. The van der Waals surface area contributed by atoms with Crippen LogP contribution >= 0.6 is 0 Å². The summed E-state index contributed by atoms with van der Waals surface area (Å²) in [6.45, 7) is 5.22. The van der Waals surface area contributed by atoms with E-state index in [9.17, 15) is 13.2 Å². The minimum atomic E-state index is -3.64. The molecule has 1 amide bonds. The highest BCUT2D eigenvalue weighted by atomic mass is 32.2. The van der Waals surface area contributed by atoms with Gasteiger partial charge >= 0.3 is 0 Å². The first-order valence-corrected chi connectivity index (χ1v) is 10.7. The monoisotopic (exact) mass is 390 g/mol. The molecule has 0 bridgehead atoms. The number of amides is 1. The van der Waals surface area contributed by atoms with E-state index in [1.165, 1.54) is 12.4 Å². The Morgan fingerprint density at radius 2 is 1.89 bits per heavy atom. The predicted octanol–water partition coefficient (Wildman–Crippen LogP) is 2.19. The van der Waals surface area contributed by atoms with Crippen LogP contribution in [0.15, 0.2) is 47.6 Å². The van der Waals surface area contributed by atoms with Gasteiger partial charge in [-0.3, -0.25) is 4.79 Å². The van der Waals surface area contributed by atoms with Gasteiger partial charge in [0.05, 0.1) is 18.1 Å². The van der Waals surface area contributed by atoms with Crippen LogP contribution in [0, 0.1) is 5.92 Å². The van der Waals surface area contributed by atoms with Gasteiger partial charge in [-0.15, -0.1) is 0 Å². The number of rotatable bonds is 6. The molecule has 8 heteroatoms. The standard InChI is InChI=1S/C19H26N4O3S/c1-15(2)12-19(24)22-10-8-16(9-11-22)21-27(25,26)18-13-20-23(14-18)17-6-4-3-5-7-17/h3-7,13-16,21H,8-12H2,1-2H3. The highest BCUT2D eigenvalue weighted by Gasteiger charge is 2.27. The molecule has 0 unspecified atom stereocenters. The number of hydrogen-bond acceptors (Lipinski definition) is 4. The molecule has 1 aromatic heterocycles. The van der Waals surface area contributed by atoms with E-state index < -0.39 is 10.0 Å². The molecule has 2 aromatic rings. The second kappa shape index (κ2) is 8.22. The van der Waals surface area contributed by atoms with Crippen LogP contribution in [0.25, 0.3) is 5.69 Å². The predicted molar refractivity (Wildman–Crippen MR) is 103 cm³/mol. The summed E-state index contributed by atoms with van der Waals surface area (Å²) in [4.78, 5) is 14.1. The largest absolute Gasteiger partial charge is 0.343 e. The van der Waals surface area contributed by atoms with Gasteiger partial charge in [-0.05, 0) is 30.9 Å². The molecule has 27 heavy (non-hydrogen) atoms. The van der Waals surface area contributed by atoms with Crippen molar-refractivity contribution in [1.82, 2.24) is 19.4 Å². The lowest BCUT2D eigenvalue weighted by molar-refractivity contribution is -0.133. The number of nitrogens with zero attached hydrogens (tertiary/aromatic N) is 3. The average molecular weight is 391 g/mol. The van der Waals surface area contributed by atoms with E-state index in [0.717, 1.165) is 5.69 Å². The maximum Gasteiger partial charge on any atom is 0.243 e. The van der Waals surface area contributed by atoms with E-state index in [2.05, 4.69) is 9.82 Å². The minimum Gasteiger partial charge on any atom is -0.343 e. The summed E-state index contributed by atoms with van der Waals surface area (Å²) in [5.41, 5.74) is 0.802. The quantitative estimate of drug-likeness (QED) is 0.819. The molecule has 0 radical (unpaired) electrons. The molecule has 2 heterocycles. The van der Waals surface area contributed by atoms with Crippen molar-refractivity contribution in [2.45, 2.75) is 44.0 Å². The second-order valence-electron chi connectivity index (χ2n) is 7.33. The fraction of sp³-hybridized carbons (Fsp3) is 0.474. The summed E-state index contributed by atoms with van der Waals surface area (Å²) in [5, 5.41) is 4.15. The third kappa shape index (κ3) is 4.95. The van der Waals surface area contributed by atoms with Gasteiger partial charge in [0.2, 0.25) is 15.9 Å². The second-order valence-corrected chi connectivity index (χ2v) is 9.04. The van der Waals surface area contributed by atoms with Crippen LogP contribution in [-0.4, -0.2) is 48.1 Å². The number of nitrogens with one attached hydrogen (secondary N) is 1. The van der Waals surface area contributed by atoms with Crippen molar-refractivity contribution in [3.8, 4) is 5.69 Å². The van der Waals surface area contributed by atoms with Crippen molar-refractivity contribution in [3.63, 3.8) is 0 Å². The number of aromatic nitrogens is 2. The van der Waals surface area contributed by atoms with Crippen molar-refractivity contribution in [1.29, 1.82) is 0 Å². The summed E-state index contributed by atoms with van der Waals surface area (Å²) in [7, 11) is -3.64. The number of likely N-dealkylation sites (tertiary alicyclic amines) is 1. The Hall–Kier alpha value is -2.19. The number of benzene rings is 1. The fourth-order valence-corrected chi connectivity index (χ4v) is 4.41. The molecular formula is C19H26N4O3S. The molecule has 1 aliphatic heterocycles. The van der Waals surface area contributed by atoms with E-state index in [1.807, 2.05) is 49.1 Å². The maximum atomic E-state index is 12.7. The summed E-state index contributed by atoms with van der Waals surface area (Å²) < 4.78 is 29.6. The Morgan fingerprint density at radius 1 is 1.22 bits per heavy atom. The third-order valence-electron chi connectivity index (χ3n) is 4.64. The van der Waals surface area contributed by atoms with Gasteiger partial charge in [0, 0.05) is 25.6 Å². The lowest BCUT2D eigenvalue weighted by Gasteiger charge is -2.32. The zero-order chi connectivity index (χ0) is 19.4. The minimum absolute atomic E-state index is 0.143. The molecule has 1 N–H and O–H groups in total. The van der Waals surface area contributed by atoms with Crippen LogP contribution in [0.1, 0.15) is 33.1 Å². The third-order valence-corrected chi connectivity index (χ3v) is 6.12. The van der Waals surface area contributed by atoms with E-state index in [1.54, 1.807) is 4.68 Å². The number of sulfonamides is 1. The van der Waals surface area contributed by atoms with Crippen molar-refractivity contribution >= 4 is 15.9 Å². The highest BCUT2D eigenvalue weighted by Crippen LogP contribution is 2.17. The molecule has 0 saturated carbocycles. The maximum absolute atomic E-state index is 12.7. The summed E-state index contributed by atoms with van der Waals surface area (Å²) >= 11 is 0. The summed E-state index contributed by atoms with van der Waals surface area (Å²) in [6, 6.07) is 9.19. The molecule has 1 aromatic carbocycles. The van der Waals surface area contributed by atoms with Gasteiger partial charge in [0.1, 0.15) is 4.90 Å². The van der Waals surface area contributed by atoms with Gasteiger partial charge in [-0.1, -0.05) is 32.0 Å². The number of hydrogen-bond donors (Lipinski definition) is 1. The lowest BCUT2D eigenvalue weighted by Crippen LogP contribution is -2.46. The Kier molecular flexibility index (Phi) is 5.96. The highest BCUT2D eigenvalue weighted by molar-refractivity contribution is 7.89. The summed E-state index contributed by atoms with van der Waals surface area (Å²) in [5.74, 6) is 0.477. The van der Waals surface area contributed by atoms with Crippen LogP contribution in [0.3, 0.4) is 0 Å². The molecule has 3 rings (SSSR count). The van der Waals surface area contributed by atoms with Crippen molar-refractivity contribution in [2.75, 3.05) is 13.1 Å².